The number of hydrogen-bond donors (Lipinski definition) is 0. The lowest BCUT2D eigenvalue weighted by atomic mass is 9.96. The van der Waals surface area contributed by atoms with E-state index in [0.717, 1.165) is 24.0 Å². The predicted molar refractivity (Wildman–Crippen MR) is 107 cm³/mol. The third kappa shape index (κ3) is 5.52. The molecule has 1 atom stereocenters. The van der Waals surface area contributed by atoms with Gasteiger partial charge >= 0.3 is 0 Å². The van der Waals surface area contributed by atoms with Crippen molar-refractivity contribution in [3.05, 3.63) is 59.7 Å². The van der Waals surface area contributed by atoms with Gasteiger partial charge in [-0.1, -0.05) is 36.1 Å². The van der Waals surface area contributed by atoms with Crippen molar-refractivity contribution in [2.24, 2.45) is 0 Å². The van der Waals surface area contributed by atoms with E-state index in [2.05, 4.69) is 11.8 Å². The molecule has 0 aromatic heterocycles. The van der Waals surface area contributed by atoms with E-state index >= 15 is 0 Å². The first-order chi connectivity index (χ1) is 13.2. The van der Waals surface area contributed by atoms with Gasteiger partial charge < -0.3 is 9.47 Å². The standard InChI is InChI=1S/C23H23ClO3/c1-26-21-14-13-18(15-22(21)27-20-9-5-6-10-20)19(16-23(24)25)12-11-17-7-3-2-4-8-17/h2-4,7-8,13-15,19-20H,5-6,9-10,16H2,1H3. The molecule has 0 bridgehead atoms. The Kier molecular flexibility index (Phi) is 6.79. The Balaban J connectivity index is 1.89. The van der Waals surface area contributed by atoms with E-state index in [-0.39, 0.29) is 18.4 Å². The Bertz CT molecular complexity index is 830. The number of halogens is 1. The van der Waals surface area contributed by atoms with Crippen molar-refractivity contribution >= 4 is 16.8 Å². The van der Waals surface area contributed by atoms with Crippen LogP contribution in [0.25, 0.3) is 0 Å². The molecule has 0 saturated heterocycles. The fraction of sp³-hybridized carbons (Fsp3) is 0.348. The molecule has 2 aromatic rings. The maximum atomic E-state index is 11.6. The highest BCUT2D eigenvalue weighted by molar-refractivity contribution is 6.63. The second-order valence-corrected chi connectivity index (χ2v) is 7.10. The molecule has 1 aliphatic carbocycles. The van der Waals surface area contributed by atoms with E-state index in [1.807, 2.05) is 48.5 Å². The lowest BCUT2D eigenvalue weighted by molar-refractivity contribution is -0.111. The first-order valence-electron chi connectivity index (χ1n) is 9.25. The monoisotopic (exact) mass is 382 g/mol. The summed E-state index contributed by atoms with van der Waals surface area (Å²) in [6.07, 6.45) is 4.88. The summed E-state index contributed by atoms with van der Waals surface area (Å²) in [5.41, 5.74) is 1.81. The molecule has 140 valence electrons. The van der Waals surface area contributed by atoms with Crippen LogP contribution in [0, 0.1) is 11.8 Å². The molecule has 0 radical (unpaired) electrons. The zero-order valence-electron chi connectivity index (χ0n) is 15.4. The van der Waals surface area contributed by atoms with Gasteiger partial charge in [0.15, 0.2) is 11.5 Å². The second-order valence-electron chi connectivity index (χ2n) is 6.68. The van der Waals surface area contributed by atoms with Gasteiger partial charge in [-0.05, 0) is 67.1 Å². The highest BCUT2D eigenvalue weighted by Crippen LogP contribution is 2.35. The van der Waals surface area contributed by atoms with Gasteiger partial charge in [-0.25, -0.2) is 0 Å². The molecule has 2 aromatic carbocycles. The van der Waals surface area contributed by atoms with Crippen LogP contribution in [0.3, 0.4) is 0 Å². The number of benzene rings is 2. The summed E-state index contributed by atoms with van der Waals surface area (Å²) in [5, 5.41) is -0.406. The summed E-state index contributed by atoms with van der Waals surface area (Å²) in [6.45, 7) is 0. The van der Waals surface area contributed by atoms with Crippen LogP contribution in [0.2, 0.25) is 0 Å². The summed E-state index contributed by atoms with van der Waals surface area (Å²) in [4.78, 5) is 11.6. The summed E-state index contributed by atoms with van der Waals surface area (Å²) >= 11 is 5.68. The quantitative estimate of drug-likeness (QED) is 0.502. The average molecular weight is 383 g/mol. The van der Waals surface area contributed by atoms with E-state index in [1.165, 1.54) is 12.8 Å². The fourth-order valence-corrected chi connectivity index (χ4v) is 3.45. The molecule has 3 nitrogen and oxygen atoms in total. The van der Waals surface area contributed by atoms with Crippen molar-refractivity contribution in [3.63, 3.8) is 0 Å². The topological polar surface area (TPSA) is 35.5 Å². The van der Waals surface area contributed by atoms with Crippen molar-refractivity contribution in [2.75, 3.05) is 7.11 Å². The van der Waals surface area contributed by atoms with Crippen LogP contribution in [0.5, 0.6) is 11.5 Å². The summed E-state index contributed by atoms with van der Waals surface area (Å²) in [6, 6.07) is 15.4. The van der Waals surface area contributed by atoms with Gasteiger partial charge in [0.1, 0.15) is 0 Å². The Morgan fingerprint density at radius 3 is 2.56 bits per heavy atom. The minimum atomic E-state index is -0.406. The number of ether oxygens (including phenoxy) is 2. The van der Waals surface area contributed by atoms with Crippen LogP contribution >= 0.6 is 11.6 Å². The molecule has 0 amide bonds. The Labute approximate surface area is 165 Å². The number of rotatable bonds is 6. The maximum absolute atomic E-state index is 11.6. The second kappa shape index (κ2) is 9.48. The zero-order chi connectivity index (χ0) is 19.1. The molecule has 0 heterocycles. The molecular formula is C23H23ClO3. The van der Waals surface area contributed by atoms with Crippen molar-refractivity contribution in [1.29, 1.82) is 0 Å². The van der Waals surface area contributed by atoms with Crippen molar-refractivity contribution in [1.82, 2.24) is 0 Å². The van der Waals surface area contributed by atoms with Crippen LogP contribution in [-0.2, 0) is 4.79 Å². The minimum absolute atomic E-state index is 0.149. The molecule has 0 aliphatic heterocycles. The predicted octanol–water partition coefficient (Wildman–Crippen LogP) is 5.31. The number of hydrogen-bond acceptors (Lipinski definition) is 3. The van der Waals surface area contributed by atoms with E-state index < -0.39 is 5.24 Å². The molecule has 1 unspecified atom stereocenters. The lowest BCUT2D eigenvalue weighted by Gasteiger charge is -2.18. The van der Waals surface area contributed by atoms with E-state index in [0.29, 0.717) is 11.5 Å². The van der Waals surface area contributed by atoms with Crippen molar-refractivity contribution in [2.45, 2.75) is 44.1 Å². The van der Waals surface area contributed by atoms with E-state index in [9.17, 15) is 4.79 Å². The first kappa shape index (κ1) is 19.3. The Hall–Kier alpha value is -2.44. The molecule has 27 heavy (non-hydrogen) atoms. The highest BCUT2D eigenvalue weighted by atomic mass is 35.5. The van der Waals surface area contributed by atoms with Gasteiger partial charge in [-0.2, -0.15) is 0 Å². The van der Waals surface area contributed by atoms with Gasteiger partial charge in [-0.15, -0.1) is 0 Å². The number of carbonyl (C=O) groups is 1. The first-order valence-corrected chi connectivity index (χ1v) is 9.63. The van der Waals surface area contributed by atoms with Crippen LogP contribution in [0.15, 0.2) is 48.5 Å². The normalized spacial score (nSPS) is 14.9. The van der Waals surface area contributed by atoms with Gasteiger partial charge in [0, 0.05) is 12.0 Å². The summed E-state index contributed by atoms with van der Waals surface area (Å²) in [7, 11) is 1.63. The van der Waals surface area contributed by atoms with Crippen LogP contribution < -0.4 is 9.47 Å². The van der Waals surface area contributed by atoms with Gasteiger partial charge in [0.05, 0.1) is 19.1 Å². The van der Waals surface area contributed by atoms with Gasteiger partial charge in [-0.3, -0.25) is 4.79 Å². The summed E-state index contributed by atoms with van der Waals surface area (Å²) < 4.78 is 11.6. The number of methoxy groups -OCH3 is 1. The van der Waals surface area contributed by atoms with Crippen LogP contribution in [-0.4, -0.2) is 18.5 Å². The highest BCUT2D eigenvalue weighted by Gasteiger charge is 2.20. The Morgan fingerprint density at radius 2 is 1.89 bits per heavy atom. The maximum Gasteiger partial charge on any atom is 0.223 e. The smallest absolute Gasteiger partial charge is 0.223 e. The van der Waals surface area contributed by atoms with Gasteiger partial charge in [0.2, 0.25) is 5.24 Å². The zero-order valence-corrected chi connectivity index (χ0v) is 16.2. The Morgan fingerprint density at radius 1 is 1.15 bits per heavy atom. The molecule has 0 spiro atoms. The van der Waals surface area contributed by atoms with Crippen molar-refractivity contribution < 1.29 is 14.3 Å². The molecule has 1 saturated carbocycles. The molecule has 3 rings (SSSR count). The van der Waals surface area contributed by atoms with E-state index in [1.54, 1.807) is 7.11 Å². The van der Waals surface area contributed by atoms with Crippen LogP contribution in [0.4, 0.5) is 0 Å². The fourth-order valence-electron chi connectivity index (χ4n) is 3.29. The third-order valence-electron chi connectivity index (χ3n) is 4.72. The lowest BCUT2D eigenvalue weighted by Crippen LogP contribution is -2.12. The van der Waals surface area contributed by atoms with E-state index in [4.69, 9.17) is 21.1 Å². The molecule has 0 N–H and O–H groups in total. The average Bonchev–Trinajstić information content (AvgIpc) is 3.19. The molecule has 1 aliphatic rings. The third-order valence-corrected chi connectivity index (χ3v) is 4.87. The molecule has 1 fully saturated rings. The molecular weight excluding hydrogens is 360 g/mol. The van der Waals surface area contributed by atoms with Crippen LogP contribution in [0.1, 0.15) is 49.1 Å². The van der Waals surface area contributed by atoms with Gasteiger partial charge in [0.25, 0.3) is 0 Å². The SMILES string of the molecule is COc1ccc(C(C#Cc2ccccc2)CC(=O)Cl)cc1OC1CCCC1. The molecule has 4 heteroatoms. The largest absolute Gasteiger partial charge is 0.493 e. The summed E-state index contributed by atoms with van der Waals surface area (Å²) in [5.74, 6) is 7.42. The minimum Gasteiger partial charge on any atom is -0.493 e. The van der Waals surface area contributed by atoms with Crippen molar-refractivity contribution in [3.8, 4) is 23.3 Å². The number of carbonyl (C=O) groups excluding carboxylic acids is 1.